The van der Waals surface area contributed by atoms with Crippen molar-refractivity contribution in [3.63, 3.8) is 0 Å². The number of carbonyl (C=O) groups excluding carboxylic acids is 1. The van der Waals surface area contributed by atoms with Crippen molar-refractivity contribution >= 4 is 21.6 Å². The number of benzene rings is 2. The van der Waals surface area contributed by atoms with Gasteiger partial charge in [0.05, 0.1) is 23.6 Å². The van der Waals surface area contributed by atoms with E-state index in [1.807, 2.05) is 43.3 Å². The van der Waals surface area contributed by atoms with Crippen LogP contribution >= 0.6 is 0 Å². The molecule has 1 amide bonds. The van der Waals surface area contributed by atoms with Gasteiger partial charge in [-0.1, -0.05) is 36.4 Å². The van der Waals surface area contributed by atoms with E-state index in [9.17, 15) is 13.2 Å². The first kappa shape index (κ1) is 20.9. The zero-order valence-corrected chi connectivity index (χ0v) is 17.5. The third-order valence-electron chi connectivity index (χ3n) is 5.25. The van der Waals surface area contributed by atoms with Gasteiger partial charge in [-0.05, 0) is 49.4 Å². The second kappa shape index (κ2) is 8.66. The van der Waals surface area contributed by atoms with Crippen molar-refractivity contribution < 1.29 is 13.2 Å². The number of rotatable bonds is 8. The van der Waals surface area contributed by atoms with Gasteiger partial charge in [0, 0.05) is 12.6 Å². The monoisotopic (exact) mass is 411 g/mol. The Morgan fingerprint density at radius 2 is 1.86 bits per heavy atom. The van der Waals surface area contributed by atoms with Crippen molar-refractivity contribution in [1.29, 1.82) is 5.26 Å². The van der Waals surface area contributed by atoms with Gasteiger partial charge < -0.3 is 4.90 Å². The van der Waals surface area contributed by atoms with Crippen molar-refractivity contribution in [2.45, 2.75) is 32.4 Å². The lowest BCUT2D eigenvalue weighted by molar-refractivity contribution is -0.132. The van der Waals surface area contributed by atoms with E-state index in [0.717, 1.165) is 29.0 Å². The lowest BCUT2D eigenvalue weighted by atomic mass is 10.1. The number of amides is 1. The van der Waals surface area contributed by atoms with Crippen LogP contribution in [0.2, 0.25) is 0 Å². The molecule has 1 aliphatic rings. The Morgan fingerprint density at radius 1 is 1.17 bits per heavy atom. The fraction of sp³-hybridized carbons (Fsp3) is 0.364. The summed E-state index contributed by atoms with van der Waals surface area (Å²) in [6.45, 7) is 2.17. The molecule has 1 atom stereocenters. The summed E-state index contributed by atoms with van der Waals surface area (Å²) >= 11 is 0. The van der Waals surface area contributed by atoms with E-state index in [2.05, 4.69) is 0 Å². The largest absolute Gasteiger partial charge is 0.334 e. The summed E-state index contributed by atoms with van der Waals surface area (Å²) in [5, 5.41) is 9.13. The summed E-state index contributed by atoms with van der Waals surface area (Å²) in [6.07, 6.45) is 3.24. The third kappa shape index (κ3) is 5.36. The molecule has 1 aliphatic carbocycles. The Bertz CT molecular complexity index is 1010. The molecule has 2 aromatic carbocycles. The molecule has 1 unspecified atom stereocenters. The summed E-state index contributed by atoms with van der Waals surface area (Å²) in [5.41, 5.74) is 1.67. The Balaban J connectivity index is 1.87. The van der Waals surface area contributed by atoms with Crippen LogP contribution in [0.5, 0.6) is 0 Å². The van der Waals surface area contributed by atoms with Crippen LogP contribution < -0.4 is 4.31 Å². The molecule has 7 heteroatoms. The van der Waals surface area contributed by atoms with Gasteiger partial charge in [0.1, 0.15) is 6.54 Å². The van der Waals surface area contributed by atoms with Crippen LogP contribution in [-0.2, 0) is 21.4 Å². The van der Waals surface area contributed by atoms with E-state index < -0.39 is 10.0 Å². The topological polar surface area (TPSA) is 81.5 Å². The molecule has 0 aromatic heterocycles. The second-order valence-corrected chi connectivity index (χ2v) is 9.42. The Hall–Kier alpha value is -2.85. The van der Waals surface area contributed by atoms with E-state index in [1.54, 1.807) is 23.1 Å². The molecule has 3 rings (SSSR count). The highest BCUT2D eigenvalue weighted by molar-refractivity contribution is 7.92. The lowest BCUT2D eigenvalue weighted by Crippen LogP contribution is -2.46. The predicted molar refractivity (Wildman–Crippen MR) is 113 cm³/mol. The fourth-order valence-electron chi connectivity index (χ4n) is 3.42. The van der Waals surface area contributed by atoms with Crippen LogP contribution in [0.4, 0.5) is 5.69 Å². The quantitative estimate of drug-likeness (QED) is 0.668. The Morgan fingerprint density at radius 3 is 2.45 bits per heavy atom. The molecule has 0 radical (unpaired) electrons. The highest BCUT2D eigenvalue weighted by Gasteiger charge is 2.35. The summed E-state index contributed by atoms with van der Waals surface area (Å²) in [6, 6.07) is 18.0. The molecule has 0 aliphatic heterocycles. The number of anilines is 1. The summed E-state index contributed by atoms with van der Waals surface area (Å²) in [4.78, 5) is 15.0. The van der Waals surface area contributed by atoms with Gasteiger partial charge in [-0.15, -0.1) is 0 Å². The van der Waals surface area contributed by atoms with Crippen molar-refractivity contribution in [1.82, 2.24) is 4.90 Å². The van der Waals surface area contributed by atoms with Gasteiger partial charge in [0.2, 0.25) is 15.9 Å². The van der Waals surface area contributed by atoms with Crippen LogP contribution in [0.25, 0.3) is 0 Å². The minimum atomic E-state index is -3.70. The normalized spacial score (nSPS) is 14.7. The first-order valence-corrected chi connectivity index (χ1v) is 11.5. The molecule has 1 saturated carbocycles. The van der Waals surface area contributed by atoms with Crippen molar-refractivity contribution in [2.75, 3.05) is 17.1 Å². The molecule has 0 heterocycles. The van der Waals surface area contributed by atoms with Crippen LogP contribution in [0.1, 0.15) is 30.9 Å². The predicted octanol–water partition coefficient (Wildman–Crippen LogP) is 3.15. The number of hydrogen-bond donors (Lipinski definition) is 0. The molecule has 0 bridgehead atoms. The molecular formula is C22H25N3O3S. The first-order valence-electron chi connectivity index (χ1n) is 9.61. The smallest absolute Gasteiger partial charge is 0.243 e. The van der Waals surface area contributed by atoms with Gasteiger partial charge in [-0.25, -0.2) is 8.42 Å². The molecule has 6 nitrogen and oxygen atoms in total. The highest BCUT2D eigenvalue weighted by Crippen LogP contribution is 2.36. The Kier molecular flexibility index (Phi) is 6.23. The van der Waals surface area contributed by atoms with Gasteiger partial charge in [0.15, 0.2) is 0 Å². The highest BCUT2D eigenvalue weighted by atomic mass is 32.2. The summed E-state index contributed by atoms with van der Waals surface area (Å²) < 4.78 is 25.9. The van der Waals surface area contributed by atoms with Crippen LogP contribution in [0.15, 0.2) is 54.6 Å². The van der Waals surface area contributed by atoms with E-state index in [0.29, 0.717) is 23.7 Å². The SMILES string of the molecule is CC(C1CC1)N(Cc1ccccc1)C(=O)CN(c1cccc(C#N)c1)S(C)(=O)=O. The molecular weight excluding hydrogens is 386 g/mol. The van der Waals surface area contributed by atoms with Gasteiger partial charge in [0.25, 0.3) is 0 Å². The molecule has 1 fully saturated rings. The maximum Gasteiger partial charge on any atom is 0.243 e. The Labute approximate surface area is 172 Å². The zero-order chi connectivity index (χ0) is 21.0. The van der Waals surface area contributed by atoms with E-state index in [4.69, 9.17) is 5.26 Å². The second-order valence-electron chi connectivity index (χ2n) is 7.52. The average molecular weight is 412 g/mol. The molecule has 152 valence electrons. The molecule has 0 spiro atoms. The zero-order valence-electron chi connectivity index (χ0n) is 16.7. The molecule has 29 heavy (non-hydrogen) atoms. The summed E-state index contributed by atoms with van der Waals surface area (Å²) in [7, 11) is -3.70. The standard InChI is InChI=1S/C22H25N3O3S/c1-17(20-11-12-20)24(15-18-7-4-3-5-8-18)22(26)16-25(29(2,27)28)21-10-6-9-19(13-21)14-23/h3-10,13,17,20H,11-12,15-16H2,1-2H3. The minimum absolute atomic E-state index is 0.0366. The fourth-order valence-corrected chi connectivity index (χ4v) is 4.26. The van der Waals surface area contributed by atoms with E-state index in [1.165, 1.54) is 6.07 Å². The van der Waals surface area contributed by atoms with Crippen molar-refractivity contribution in [3.8, 4) is 6.07 Å². The number of hydrogen-bond acceptors (Lipinski definition) is 4. The third-order valence-corrected chi connectivity index (χ3v) is 6.39. The number of sulfonamides is 1. The molecule has 0 saturated heterocycles. The number of nitriles is 1. The maximum absolute atomic E-state index is 13.3. The van der Waals surface area contributed by atoms with Gasteiger partial charge >= 0.3 is 0 Å². The maximum atomic E-state index is 13.3. The van der Waals surface area contributed by atoms with Crippen molar-refractivity contribution in [2.24, 2.45) is 5.92 Å². The van der Waals surface area contributed by atoms with Crippen molar-refractivity contribution in [3.05, 3.63) is 65.7 Å². The number of nitrogens with zero attached hydrogens (tertiary/aromatic N) is 3. The van der Waals surface area contributed by atoms with Gasteiger partial charge in [-0.3, -0.25) is 9.10 Å². The summed E-state index contributed by atoms with van der Waals surface area (Å²) in [5.74, 6) is 0.206. The van der Waals surface area contributed by atoms with E-state index in [-0.39, 0.29) is 18.5 Å². The van der Waals surface area contributed by atoms with Crippen LogP contribution in [-0.4, -0.2) is 38.1 Å². The minimum Gasteiger partial charge on any atom is -0.334 e. The first-order chi connectivity index (χ1) is 13.8. The number of carbonyl (C=O) groups is 1. The lowest BCUT2D eigenvalue weighted by Gasteiger charge is -2.32. The molecule has 2 aromatic rings. The average Bonchev–Trinajstić information content (AvgIpc) is 3.55. The van der Waals surface area contributed by atoms with Gasteiger partial charge in [-0.2, -0.15) is 5.26 Å². The van der Waals surface area contributed by atoms with E-state index >= 15 is 0 Å². The van der Waals surface area contributed by atoms with Crippen LogP contribution in [0, 0.1) is 17.2 Å². The molecule has 0 N–H and O–H groups in total. The van der Waals surface area contributed by atoms with Crippen LogP contribution in [0.3, 0.4) is 0 Å².